The molecule has 1 atom stereocenters. The lowest BCUT2D eigenvalue weighted by Crippen LogP contribution is -2.33. The van der Waals surface area contributed by atoms with Crippen LogP contribution in [-0.2, 0) is 11.2 Å². The quantitative estimate of drug-likeness (QED) is 0.335. The van der Waals surface area contributed by atoms with Crippen molar-refractivity contribution in [2.75, 3.05) is 22.9 Å². The van der Waals surface area contributed by atoms with Crippen LogP contribution in [0.25, 0.3) is 16.6 Å². The van der Waals surface area contributed by atoms with Crippen LogP contribution >= 0.6 is 0 Å². The normalized spacial score (nSPS) is 15.0. The number of nitrogen functional groups attached to an aromatic ring is 2. The Hall–Kier alpha value is -4.98. The Morgan fingerprint density at radius 2 is 1.89 bits per heavy atom. The Kier molecular flexibility index (Phi) is 6.62. The van der Waals surface area contributed by atoms with E-state index in [9.17, 15) is 14.9 Å². The summed E-state index contributed by atoms with van der Waals surface area (Å²) in [6.07, 6.45) is 2.30. The number of hydrogen-bond donors (Lipinski definition) is 3. The van der Waals surface area contributed by atoms with Gasteiger partial charge < -0.3 is 21.5 Å². The van der Waals surface area contributed by atoms with E-state index in [0.717, 1.165) is 12.0 Å². The van der Waals surface area contributed by atoms with Crippen LogP contribution in [0.2, 0.25) is 0 Å². The molecule has 0 bridgehead atoms. The molecule has 0 saturated carbocycles. The fourth-order valence-electron chi connectivity index (χ4n) is 5.09. The van der Waals surface area contributed by atoms with E-state index in [-0.39, 0.29) is 35.4 Å². The molecule has 5 N–H and O–H groups in total. The maximum absolute atomic E-state index is 14.2. The van der Waals surface area contributed by atoms with E-state index in [2.05, 4.69) is 16.0 Å². The average molecular weight is 511 g/mol. The van der Waals surface area contributed by atoms with E-state index < -0.39 is 5.97 Å². The van der Waals surface area contributed by atoms with Gasteiger partial charge in [0.15, 0.2) is 5.82 Å². The summed E-state index contributed by atoms with van der Waals surface area (Å²) in [5.41, 5.74) is 13.7. The largest absolute Gasteiger partial charge is 0.481 e. The number of aliphatic carboxylic acids is 1. The molecule has 1 unspecified atom stereocenters. The van der Waals surface area contributed by atoms with Gasteiger partial charge in [-0.25, -0.2) is 4.98 Å². The van der Waals surface area contributed by atoms with Gasteiger partial charge in [0.05, 0.1) is 22.6 Å². The highest BCUT2D eigenvalue weighted by Gasteiger charge is 2.34. The molecular formula is C27H26N8O3. The molecule has 192 valence electrons. The maximum atomic E-state index is 14.2. The minimum atomic E-state index is -0.878. The molecule has 1 fully saturated rings. The van der Waals surface area contributed by atoms with Crippen molar-refractivity contribution in [3.8, 4) is 11.8 Å². The highest BCUT2D eigenvalue weighted by molar-refractivity contribution is 5.82. The number of carboxylic acid groups (broad SMARTS) is 1. The predicted molar refractivity (Wildman–Crippen MR) is 143 cm³/mol. The minimum Gasteiger partial charge on any atom is -0.481 e. The van der Waals surface area contributed by atoms with E-state index in [0.29, 0.717) is 54.0 Å². The highest BCUT2D eigenvalue weighted by atomic mass is 16.4. The van der Waals surface area contributed by atoms with E-state index in [4.69, 9.17) is 21.6 Å². The number of carboxylic acids is 1. The molecule has 2 aromatic carbocycles. The average Bonchev–Trinajstić information content (AvgIpc) is 3.38. The number of aryl methyl sites for hydroxylation is 1. The Bertz CT molecular complexity index is 1630. The summed E-state index contributed by atoms with van der Waals surface area (Å²) in [7, 11) is 0. The van der Waals surface area contributed by atoms with Crippen molar-refractivity contribution in [2.45, 2.75) is 38.1 Å². The third-order valence-corrected chi connectivity index (χ3v) is 6.73. The van der Waals surface area contributed by atoms with Crippen LogP contribution in [0, 0.1) is 11.3 Å². The Morgan fingerprint density at radius 3 is 2.63 bits per heavy atom. The van der Waals surface area contributed by atoms with Crippen molar-refractivity contribution in [3.05, 3.63) is 75.8 Å². The zero-order valence-electron chi connectivity index (χ0n) is 20.5. The fraction of sp³-hybridized carbons (Fsp3) is 0.259. The first-order valence-corrected chi connectivity index (χ1v) is 12.3. The van der Waals surface area contributed by atoms with Gasteiger partial charge in [0.25, 0.3) is 5.56 Å². The Balaban J connectivity index is 1.72. The van der Waals surface area contributed by atoms with Crippen molar-refractivity contribution in [3.63, 3.8) is 0 Å². The lowest BCUT2D eigenvalue weighted by molar-refractivity contribution is -0.137. The van der Waals surface area contributed by atoms with Crippen molar-refractivity contribution in [1.82, 2.24) is 19.5 Å². The lowest BCUT2D eigenvalue weighted by Gasteiger charge is -2.28. The van der Waals surface area contributed by atoms with Crippen LogP contribution in [0.1, 0.15) is 48.7 Å². The third kappa shape index (κ3) is 4.48. The molecule has 4 aromatic rings. The smallest absolute Gasteiger partial charge is 0.303 e. The van der Waals surface area contributed by atoms with Crippen molar-refractivity contribution >= 4 is 34.5 Å². The van der Waals surface area contributed by atoms with Crippen LogP contribution < -0.4 is 21.9 Å². The van der Waals surface area contributed by atoms with Crippen LogP contribution in [0.15, 0.2) is 53.3 Å². The number of nitriles is 1. The molecule has 1 aliphatic rings. The highest BCUT2D eigenvalue weighted by Crippen LogP contribution is 2.38. The summed E-state index contributed by atoms with van der Waals surface area (Å²) in [6, 6.07) is 16.4. The van der Waals surface area contributed by atoms with Gasteiger partial charge >= 0.3 is 5.97 Å². The first kappa shape index (κ1) is 24.7. The summed E-state index contributed by atoms with van der Waals surface area (Å²) in [5.74, 6) is -0.0973. The standard InChI is InChI=1S/C27H26N8O3/c28-15-18-23(29)32-27(30)33-24(18)34-14-6-12-20(34)25-31-19-11-4-7-16(8-5-13-21(36)37)22(19)26(38)35(25)17-9-2-1-3-10-17/h1-4,7,9-11,20H,5-6,8,12-14H2,(H,36,37)(H4,29,30,32,33). The first-order chi connectivity index (χ1) is 18.4. The summed E-state index contributed by atoms with van der Waals surface area (Å²) < 4.78 is 1.60. The van der Waals surface area contributed by atoms with Gasteiger partial charge in [0.1, 0.15) is 23.3 Å². The van der Waals surface area contributed by atoms with Crippen LogP contribution in [0.5, 0.6) is 0 Å². The van der Waals surface area contributed by atoms with E-state index in [1.807, 2.05) is 47.4 Å². The predicted octanol–water partition coefficient (Wildman–Crippen LogP) is 2.96. The molecule has 0 aliphatic carbocycles. The van der Waals surface area contributed by atoms with Gasteiger partial charge in [0, 0.05) is 13.0 Å². The number of benzene rings is 2. The zero-order valence-corrected chi connectivity index (χ0v) is 20.5. The SMILES string of the molecule is N#Cc1c(N)nc(N)nc1N1CCCC1c1nc2cccc(CCCC(=O)O)c2c(=O)n1-c1ccccc1. The van der Waals surface area contributed by atoms with Crippen molar-refractivity contribution < 1.29 is 9.90 Å². The number of nitrogens with two attached hydrogens (primary N) is 2. The second-order valence-corrected chi connectivity index (χ2v) is 9.13. The van der Waals surface area contributed by atoms with Crippen LogP contribution in [-0.4, -0.2) is 37.1 Å². The van der Waals surface area contributed by atoms with Crippen LogP contribution in [0.4, 0.5) is 17.6 Å². The molecule has 11 nitrogen and oxygen atoms in total. The van der Waals surface area contributed by atoms with Crippen LogP contribution in [0.3, 0.4) is 0 Å². The van der Waals surface area contributed by atoms with Gasteiger partial charge in [-0.2, -0.15) is 15.2 Å². The zero-order chi connectivity index (χ0) is 26.8. The van der Waals surface area contributed by atoms with Gasteiger partial charge in [-0.1, -0.05) is 30.3 Å². The Morgan fingerprint density at radius 1 is 1.11 bits per heavy atom. The topological polar surface area (TPSA) is 177 Å². The number of carbonyl (C=O) groups is 1. The molecule has 0 amide bonds. The van der Waals surface area contributed by atoms with Crippen molar-refractivity contribution in [2.24, 2.45) is 0 Å². The summed E-state index contributed by atoms with van der Waals surface area (Å²) in [5, 5.41) is 19.3. The molecule has 38 heavy (non-hydrogen) atoms. The van der Waals surface area contributed by atoms with E-state index in [1.165, 1.54) is 0 Å². The number of nitrogens with zero attached hydrogens (tertiary/aromatic N) is 6. The molecule has 5 rings (SSSR count). The number of anilines is 3. The number of aromatic nitrogens is 4. The lowest BCUT2D eigenvalue weighted by atomic mass is 10.0. The second-order valence-electron chi connectivity index (χ2n) is 9.13. The molecule has 11 heteroatoms. The number of rotatable bonds is 7. The summed E-state index contributed by atoms with van der Waals surface area (Å²) in [6.45, 7) is 0.563. The maximum Gasteiger partial charge on any atom is 0.303 e. The molecule has 0 radical (unpaired) electrons. The van der Waals surface area contributed by atoms with Gasteiger partial charge in [-0.05, 0) is 49.4 Å². The third-order valence-electron chi connectivity index (χ3n) is 6.73. The molecule has 2 aromatic heterocycles. The molecule has 1 saturated heterocycles. The summed E-state index contributed by atoms with van der Waals surface area (Å²) in [4.78, 5) is 40.4. The van der Waals surface area contributed by atoms with Gasteiger partial charge in [-0.3, -0.25) is 14.2 Å². The van der Waals surface area contributed by atoms with E-state index >= 15 is 0 Å². The Labute approximate surface area is 218 Å². The molecular weight excluding hydrogens is 484 g/mol. The number of hydrogen-bond acceptors (Lipinski definition) is 9. The molecule has 3 heterocycles. The second kappa shape index (κ2) is 10.2. The number of para-hydroxylation sites is 1. The van der Waals surface area contributed by atoms with Gasteiger partial charge in [0.2, 0.25) is 5.95 Å². The van der Waals surface area contributed by atoms with E-state index in [1.54, 1.807) is 10.6 Å². The monoisotopic (exact) mass is 510 g/mol. The first-order valence-electron chi connectivity index (χ1n) is 12.3. The minimum absolute atomic E-state index is 0.00132. The molecule has 0 spiro atoms. The van der Waals surface area contributed by atoms with Crippen molar-refractivity contribution in [1.29, 1.82) is 5.26 Å². The number of fused-ring (bicyclic) bond motifs is 1. The summed E-state index contributed by atoms with van der Waals surface area (Å²) >= 11 is 0. The van der Waals surface area contributed by atoms with Gasteiger partial charge in [-0.15, -0.1) is 0 Å². The fourth-order valence-corrected chi connectivity index (χ4v) is 5.09. The molecule has 1 aliphatic heterocycles.